The summed E-state index contributed by atoms with van der Waals surface area (Å²) >= 11 is 0. The normalized spacial score (nSPS) is 10.7. The van der Waals surface area contributed by atoms with Crippen molar-refractivity contribution in [2.24, 2.45) is 0 Å². The van der Waals surface area contributed by atoms with Gasteiger partial charge in [0, 0.05) is 26.0 Å². The highest BCUT2D eigenvalue weighted by atomic mass is 16.2. The molecular formula is C15H19N3O. The maximum atomic E-state index is 12.0. The van der Waals surface area contributed by atoms with Gasteiger partial charge in [-0.05, 0) is 17.0 Å². The van der Waals surface area contributed by atoms with Crippen LogP contribution in [0.1, 0.15) is 30.9 Å². The van der Waals surface area contributed by atoms with Gasteiger partial charge < -0.3 is 4.90 Å². The fraction of sp³-hybridized carbons (Fsp3) is 0.333. The predicted octanol–water partition coefficient (Wildman–Crippen LogP) is 3.11. The van der Waals surface area contributed by atoms with Crippen molar-refractivity contribution in [3.05, 3.63) is 54.1 Å². The molecular weight excluding hydrogens is 238 g/mol. The van der Waals surface area contributed by atoms with Crippen molar-refractivity contribution >= 4 is 6.03 Å². The fourth-order valence-electron chi connectivity index (χ4n) is 1.92. The first-order chi connectivity index (χ1) is 9.08. The molecule has 0 radical (unpaired) electrons. The molecule has 0 bridgehead atoms. The zero-order chi connectivity index (χ0) is 13.8. The number of aromatic nitrogens is 2. The second kappa shape index (κ2) is 5.69. The summed E-state index contributed by atoms with van der Waals surface area (Å²) in [5, 5.41) is 0. The highest BCUT2D eigenvalue weighted by Crippen LogP contribution is 2.15. The van der Waals surface area contributed by atoms with Crippen molar-refractivity contribution in [3.63, 3.8) is 0 Å². The molecule has 0 fully saturated rings. The molecule has 2 rings (SSSR count). The Morgan fingerprint density at radius 1 is 1.32 bits per heavy atom. The summed E-state index contributed by atoms with van der Waals surface area (Å²) in [5.74, 6) is 0.527. The molecule has 1 heterocycles. The summed E-state index contributed by atoms with van der Waals surface area (Å²) in [7, 11) is 1.79. The minimum atomic E-state index is -0.0783. The topological polar surface area (TPSA) is 38.1 Å². The van der Waals surface area contributed by atoms with Crippen LogP contribution in [0.2, 0.25) is 0 Å². The first-order valence-electron chi connectivity index (χ1n) is 6.40. The van der Waals surface area contributed by atoms with Crippen molar-refractivity contribution in [1.29, 1.82) is 0 Å². The van der Waals surface area contributed by atoms with E-state index in [0.717, 1.165) is 5.56 Å². The van der Waals surface area contributed by atoms with Crippen molar-refractivity contribution in [2.75, 3.05) is 7.05 Å². The average molecular weight is 257 g/mol. The van der Waals surface area contributed by atoms with Gasteiger partial charge in [0.2, 0.25) is 0 Å². The van der Waals surface area contributed by atoms with E-state index in [0.29, 0.717) is 12.5 Å². The van der Waals surface area contributed by atoms with Gasteiger partial charge in [0.1, 0.15) is 6.33 Å². The van der Waals surface area contributed by atoms with Crippen molar-refractivity contribution in [2.45, 2.75) is 26.3 Å². The molecule has 0 atom stereocenters. The quantitative estimate of drug-likeness (QED) is 0.847. The van der Waals surface area contributed by atoms with E-state index in [1.807, 2.05) is 0 Å². The van der Waals surface area contributed by atoms with Crippen LogP contribution in [-0.2, 0) is 6.54 Å². The number of carbonyl (C=O) groups is 1. The van der Waals surface area contributed by atoms with E-state index >= 15 is 0 Å². The zero-order valence-corrected chi connectivity index (χ0v) is 11.6. The standard InChI is InChI=1S/C15H19N3O/c1-12(2)14-6-4-13(5-7-14)10-17(3)15(19)18-9-8-16-11-18/h4-9,11-12H,10H2,1-3H3. The number of rotatable bonds is 3. The van der Waals surface area contributed by atoms with Crippen LogP contribution in [0, 0.1) is 0 Å². The van der Waals surface area contributed by atoms with Crippen LogP contribution in [0.3, 0.4) is 0 Å². The van der Waals surface area contributed by atoms with Crippen molar-refractivity contribution in [3.8, 4) is 0 Å². The summed E-state index contributed by atoms with van der Waals surface area (Å²) in [6, 6.07) is 8.32. The van der Waals surface area contributed by atoms with Gasteiger partial charge in [-0.1, -0.05) is 38.1 Å². The zero-order valence-electron chi connectivity index (χ0n) is 11.6. The van der Waals surface area contributed by atoms with Gasteiger partial charge in [-0.2, -0.15) is 0 Å². The van der Waals surface area contributed by atoms with Gasteiger partial charge in [0.25, 0.3) is 0 Å². The molecule has 19 heavy (non-hydrogen) atoms. The summed E-state index contributed by atoms with van der Waals surface area (Å²) in [6.07, 6.45) is 4.77. The third kappa shape index (κ3) is 3.22. The molecule has 0 aliphatic carbocycles. The van der Waals surface area contributed by atoms with Crippen LogP contribution < -0.4 is 0 Å². The van der Waals surface area contributed by atoms with Crippen LogP contribution in [0.25, 0.3) is 0 Å². The number of hydrogen-bond acceptors (Lipinski definition) is 2. The minimum Gasteiger partial charge on any atom is -0.323 e. The molecule has 2 aromatic rings. The lowest BCUT2D eigenvalue weighted by Gasteiger charge is -2.17. The molecule has 0 saturated heterocycles. The molecule has 1 aromatic heterocycles. The fourth-order valence-corrected chi connectivity index (χ4v) is 1.92. The molecule has 0 unspecified atom stereocenters. The van der Waals surface area contributed by atoms with Crippen molar-refractivity contribution < 1.29 is 4.79 Å². The Labute approximate surface area is 113 Å². The summed E-state index contributed by atoms with van der Waals surface area (Å²) in [5.41, 5.74) is 2.44. The molecule has 100 valence electrons. The number of nitrogens with zero attached hydrogens (tertiary/aromatic N) is 3. The van der Waals surface area contributed by atoms with Gasteiger partial charge in [0.15, 0.2) is 0 Å². The van der Waals surface area contributed by atoms with Gasteiger partial charge in [0.05, 0.1) is 0 Å². The van der Waals surface area contributed by atoms with E-state index < -0.39 is 0 Å². The molecule has 4 heteroatoms. The monoisotopic (exact) mass is 257 g/mol. The average Bonchev–Trinajstić information content (AvgIpc) is 2.92. The largest absolute Gasteiger partial charge is 0.329 e. The molecule has 1 amide bonds. The lowest BCUT2D eigenvalue weighted by atomic mass is 10.0. The van der Waals surface area contributed by atoms with Gasteiger partial charge in [-0.15, -0.1) is 0 Å². The Morgan fingerprint density at radius 3 is 2.53 bits per heavy atom. The second-order valence-corrected chi connectivity index (χ2v) is 5.00. The Morgan fingerprint density at radius 2 is 2.00 bits per heavy atom. The van der Waals surface area contributed by atoms with E-state index in [-0.39, 0.29) is 6.03 Å². The first-order valence-corrected chi connectivity index (χ1v) is 6.40. The van der Waals surface area contributed by atoms with Gasteiger partial charge in [-0.25, -0.2) is 9.78 Å². The first kappa shape index (κ1) is 13.3. The number of carbonyl (C=O) groups excluding carboxylic acids is 1. The number of imidazole rings is 1. The van der Waals surface area contributed by atoms with E-state index in [1.54, 1.807) is 24.3 Å². The lowest BCUT2D eigenvalue weighted by Crippen LogP contribution is -2.29. The SMILES string of the molecule is CC(C)c1ccc(CN(C)C(=O)n2ccnc2)cc1. The maximum absolute atomic E-state index is 12.0. The third-order valence-electron chi connectivity index (χ3n) is 3.12. The Kier molecular flexibility index (Phi) is 4.00. The molecule has 4 nitrogen and oxygen atoms in total. The van der Waals surface area contributed by atoms with Crippen LogP contribution in [-0.4, -0.2) is 27.5 Å². The maximum Gasteiger partial charge on any atom is 0.329 e. The number of hydrogen-bond donors (Lipinski definition) is 0. The summed E-state index contributed by atoms with van der Waals surface area (Å²) < 4.78 is 1.47. The van der Waals surface area contributed by atoms with Crippen LogP contribution in [0.15, 0.2) is 43.0 Å². The van der Waals surface area contributed by atoms with Gasteiger partial charge >= 0.3 is 6.03 Å². The summed E-state index contributed by atoms with van der Waals surface area (Å²) in [4.78, 5) is 17.6. The Bertz CT molecular complexity index is 529. The third-order valence-corrected chi connectivity index (χ3v) is 3.12. The molecule has 0 aliphatic heterocycles. The number of amides is 1. The molecule has 0 N–H and O–H groups in total. The smallest absolute Gasteiger partial charge is 0.323 e. The number of benzene rings is 1. The van der Waals surface area contributed by atoms with Crippen LogP contribution in [0.5, 0.6) is 0 Å². The Hall–Kier alpha value is -2.10. The lowest BCUT2D eigenvalue weighted by molar-refractivity contribution is 0.208. The highest BCUT2D eigenvalue weighted by Gasteiger charge is 2.10. The molecule has 0 saturated carbocycles. The van der Waals surface area contributed by atoms with Gasteiger partial charge in [-0.3, -0.25) is 4.57 Å². The van der Waals surface area contributed by atoms with Crippen molar-refractivity contribution in [1.82, 2.24) is 14.5 Å². The van der Waals surface area contributed by atoms with Crippen LogP contribution >= 0.6 is 0 Å². The predicted molar refractivity (Wildman–Crippen MR) is 75.0 cm³/mol. The van der Waals surface area contributed by atoms with E-state index in [2.05, 4.69) is 43.1 Å². The second-order valence-electron chi connectivity index (χ2n) is 5.00. The van der Waals surface area contributed by atoms with Crippen LogP contribution in [0.4, 0.5) is 4.79 Å². The molecule has 0 spiro atoms. The van der Waals surface area contributed by atoms with E-state index in [4.69, 9.17) is 0 Å². The molecule has 0 aliphatic rings. The summed E-state index contributed by atoms with van der Waals surface area (Å²) in [6.45, 7) is 4.93. The van der Waals surface area contributed by atoms with E-state index in [9.17, 15) is 4.79 Å². The molecule has 1 aromatic carbocycles. The van der Waals surface area contributed by atoms with E-state index in [1.165, 1.54) is 16.5 Å². The highest BCUT2D eigenvalue weighted by molar-refractivity contribution is 5.76. The Balaban J connectivity index is 2.02. The minimum absolute atomic E-state index is 0.0783.